The van der Waals surface area contributed by atoms with E-state index in [1.165, 1.54) is 0 Å². The third kappa shape index (κ3) is 2.91. The van der Waals surface area contributed by atoms with E-state index in [4.69, 9.17) is 28.9 Å². The van der Waals surface area contributed by atoms with Gasteiger partial charge in [0.15, 0.2) is 0 Å². The van der Waals surface area contributed by atoms with Crippen molar-refractivity contribution in [3.63, 3.8) is 0 Å². The summed E-state index contributed by atoms with van der Waals surface area (Å²) < 4.78 is 0. The van der Waals surface area contributed by atoms with E-state index in [0.717, 1.165) is 29.8 Å². The lowest BCUT2D eigenvalue weighted by molar-refractivity contribution is 0.275. The Morgan fingerprint density at radius 3 is 2.82 bits per heavy atom. The van der Waals surface area contributed by atoms with Gasteiger partial charge in [-0.15, -0.1) is 12.6 Å². The first-order chi connectivity index (χ1) is 7.91. The van der Waals surface area contributed by atoms with E-state index < -0.39 is 0 Å². The van der Waals surface area contributed by atoms with Crippen LogP contribution in [0.2, 0.25) is 10.0 Å². The van der Waals surface area contributed by atoms with Crippen molar-refractivity contribution in [1.82, 2.24) is 5.32 Å². The second kappa shape index (κ2) is 4.98. The molecular formula is C12H16Cl2N2S. The monoisotopic (exact) mass is 290 g/mol. The zero-order valence-electron chi connectivity index (χ0n) is 9.63. The number of piperidine rings is 1. The number of hydrogen-bond donors (Lipinski definition) is 3. The van der Waals surface area contributed by atoms with Gasteiger partial charge in [-0.1, -0.05) is 29.3 Å². The van der Waals surface area contributed by atoms with Crippen molar-refractivity contribution in [2.75, 3.05) is 6.54 Å². The topological polar surface area (TPSA) is 38.0 Å². The number of benzene rings is 1. The van der Waals surface area contributed by atoms with Crippen LogP contribution in [0, 0.1) is 0 Å². The molecule has 0 saturated carbocycles. The highest BCUT2D eigenvalue weighted by molar-refractivity contribution is 7.80. The lowest BCUT2D eigenvalue weighted by atomic mass is 9.84. The number of halogens is 2. The Balaban J connectivity index is 2.31. The molecule has 1 heterocycles. The van der Waals surface area contributed by atoms with Crippen LogP contribution in [0.15, 0.2) is 17.0 Å². The molecule has 0 amide bonds. The molecule has 3 N–H and O–H groups in total. The number of nitrogens with two attached hydrogens (primary N) is 1. The molecule has 1 saturated heterocycles. The van der Waals surface area contributed by atoms with Crippen molar-refractivity contribution in [2.24, 2.45) is 5.73 Å². The molecule has 0 bridgehead atoms. The SMILES string of the molecule is CC1(N)CCNC(c2ccc(Cl)c(Cl)c2S)C1. The van der Waals surface area contributed by atoms with Gasteiger partial charge < -0.3 is 11.1 Å². The molecule has 1 aliphatic heterocycles. The fraction of sp³-hybridized carbons (Fsp3) is 0.500. The predicted molar refractivity (Wildman–Crippen MR) is 76.3 cm³/mol. The van der Waals surface area contributed by atoms with Gasteiger partial charge in [-0.25, -0.2) is 0 Å². The maximum absolute atomic E-state index is 6.20. The van der Waals surface area contributed by atoms with Gasteiger partial charge in [0.25, 0.3) is 0 Å². The van der Waals surface area contributed by atoms with Crippen LogP contribution in [0.5, 0.6) is 0 Å². The first-order valence-corrected chi connectivity index (χ1v) is 6.80. The van der Waals surface area contributed by atoms with Crippen molar-refractivity contribution in [3.05, 3.63) is 27.7 Å². The minimum atomic E-state index is -0.137. The summed E-state index contributed by atoms with van der Waals surface area (Å²) in [4.78, 5) is 0.745. The Labute approximate surface area is 117 Å². The maximum atomic E-state index is 6.20. The van der Waals surface area contributed by atoms with Gasteiger partial charge in [-0.05, 0) is 37.9 Å². The Morgan fingerprint density at radius 1 is 1.47 bits per heavy atom. The Hall–Kier alpha value is 0.0700. The van der Waals surface area contributed by atoms with Crippen LogP contribution < -0.4 is 11.1 Å². The van der Waals surface area contributed by atoms with Crippen molar-refractivity contribution < 1.29 is 0 Å². The van der Waals surface area contributed by atoms with Gasteiger partial charge in [-0.2, -0.15) is 0 Å². The largest absolute Gasteiger partial charge is 0.325 e. The average Bonchev–Trinajstić information content (AvgIpc) is 2.25. The van der Waals surface area contributed by atoms with Crippen molar-refractivity contribution >= 4 is 35.8 Å². The highest BCUT2D eigenvalue weighted by Crippen LogP contribution is 2.37. The zero-order valence-corrected chi connectivity index (χ0v) is 12.0. The summed E-state index contributed by atoms with van der Waals surface area (Å²) in [6.45, 7) is 2.99. The Kier molecular flexibility index (Phi) is 3.96. The van der Waals surface area contributed by atoms with E-state index in [0.29, 0.717) is 10.0 Å². The minimum absolute atomic E-state index is 0.137. The van der Waals surface area contributed by atoms with Crippen molar-refractivity contribution in [1.29, 1.82) is 0 Å². The molecule has 1 aliphatic rings. The van der Waals surface area contributed by atoms with Gasteiger partial charge in [0.2, 0.25) is 0 Å². The van der Waals surface area contributed by atoms with E-state index in [1.54, 1.807) is 0 Å². The fourth-order valence-electron chi connectivity index (χ4n) is 2.23. The molecule has 94 valence electrons. The lowest BCUT2D eigenvalue weighted by Crippen LogP contribution is -2.47. The highest BCUT2D eigenvalue weighted by Gasteiger charge is 2.30. The molecule has 5 heteroatoms. The summed E-state index contributed by atoms with van der Waals surface area (Å²) in [7, 11) is 0. The molecule has 1 aromatic rings. The molecular weight excluding hydrogens is 275 g/mol. The van der Waals surface area contributed by atoms with E-state index in [1.807, 2.05) is 12.1 Å². The van der Waals surface area contributed by atoms with Gasteiger partial charge in [0.05, 0.1) is 10.0 Å². The molecule has 1 fully saturated rings. The second-order valence-electron chi connectivity index (χ2n) is 4.91. The van der Waals surface area contributed by atoms with Crippen LogP contribution in [0.4, 0.5) is 0 Å². The fourth-order valence-corrected chi connectivity index (χ4v) is 2.97. The van der Waals surface area contributed by atoms with Crippen LogP contribution in [-0.4, -0.2) is 12.1 Å². The maximum Gasteiger partial charge on any atom is 0.0728 e. The summed E-state index contributed by atoms with van der Waals surface area (Å²) in [6.07, 6.45) is 1.85. The number of rotatable bonds is 1. The summed E-state index contributed by atoms with van der Waals surface area (Å²) in [5.74, 6) is 0. The van der Waals surface area contributed by atoms with Gasteiger partial charge >= 0.3 is 0 Å². The summed E-state index contributed by atoms with van der Waals surface area (Å²) in [6, 6.07) is 3.97. The molecule has 2 atom stereocenters. The second-order valence-corrected chi connectivity index (χ2v) is 6.15. The first-order valence-electron chi connectivity index (χ1n) is 5.60. The number of thiol groups is 1. The summed E-state index contributed by atoms with van der Waals surface area (Å²) in [5.41, 5.74) is 7.13. The molecule has 2 rings (SSSR count). The van der Waals surface area contributed by atoms with Gasteiger partial charge in [0, 0.05) is 16.5 Å². The molecule has 2 unspecified atom stereocenters. The molecule has 0 aromatic heterocycles. The van der Waals surface area contributed by atoms with Gasteiger partial charge in [-0.3, -0.25) is 0 Å². The van der Waals surface area contributed by atoms with Crippen LogP contribution in [-0.2, 0) is 0 Å². The van der Waals surface area contributed by atoms with E-state index in [-0.39, 0.29) is 11.6 Å². The average molecular weight is 291 g/mol. The molecule has 0 radical (unpaired) electrons. The van der Waals surface area contributed by atoms with Crippen LogP contribution in [0.25, 0.3) is 0 Å². The van der Waals surface area contributed by atoms with E-state index >= 15 is 0 Å². The number of nitrogens with one attached hydrogen (secondary N) is 1. The first kappa shape index (κ1) is 13.5. The molecule has 2 nitrogen and oxygen atoms in total. The quantitative estimate of drug-likeness (QED) is 0.694. The minimum Gasteiger partial charge on any atom is -0.325 e. The predicted octanol–water partition coefficient (Wildman–Crippen LogP) is 3.42. The molecule has 1 aromatic carbocycles. The van der Waals surface area contributed by atoms with Crippen LogP contribution in [0.1, 0.15) is 31.4 Å². The third-order valence-corrected chi connectivity index (χ3v) is 4.65. The standard InChI is InChI=1S/C12H16Cl2N2S/c1-12(15)4-5-16-9(6-12)7-2-3-8(13)10(14)11(7)17/h2-3,9,16-17H,4-6,15H2,1H3. The van der Waals surface area contributed by atoms with E-state index in [2.05, 4.69) is 24.9 Å². The molecule has 0 aliphatic carbocycles. The van der Waals surface area contributed by atoms with Crippen LogP contribution >= 0.6 is 35.8 Å². The third-order valence-electron chi connectivity index (χ3n) is 3.23. The smallest absolute Gasteiger partial charge is 0.0728 e. The van der Waals surface area contributed by atoms with E-state index in [9.17, 15) is 0 Å². The summed E-state index contributed by atoms with van der Waals surface area (Å²) in [5, 5.41) is 4.49. The zero-order chi connectivity index (χ0) is 12.6. The van der Waals surface area contributed by atoms with Gasteiger partial charge in [0.1, 0.15) is 0 Å². The highest BCUT2D eigenvalue weighted by atomic mass is 35.5. The molecule has 17 heavy (non-hydrogen) atoms. The normalized spacial score (nSPS) is 29.4. The van der Waals surface area contributed by atoms with Crippen molar-refractivity contribution in [2.45, 2.75) is 36.2 Å². The summed E-state index contributed by atoms with van der Waals surface area (Å²) >= 11 is 16.5. The number of hydrogen-bond acceptors (Lipinski definition) is 3. The lowest BCUT2D eigenvalue weighted by Gasteiger charge is -2.36. The van der Waals surface area contributed by atoms with Crippen LogP contribution in [0.3, 0.4) is 0 Å². The molecule has 0 spiro atoms. The Bertz CT molecular complexity index is 435. The Morgan fingerprint density at radius 2 is 2.18 bits per heavy atom. The van der Waals surface area contributed by atoms with Crippen molar-refractivity contribution in [3.8, 4) is 0 Å².